The van der Waals surface area contributed by atoms with Crippen LogP contribution in [0, 0.1) is 0 Å². The number of amides is 2. The van der Waals surface area contributed by atoms with Gasteiger partial charge < -0.3 is 15.0 Å². The first-order valence-electron chi connectivity index (χ1n) is 5.54. The van der Waals surface area contributed by atoms with E-state index in [2.05, 4.69) is 4.74 Å². The number of urea groups is 1. The minimum Gasteiger partial charge on any atom is -0.467 e. The number of halogens is 3. The van der Waals surface area contributed by atoms with Crippen LogP contribution in [-0.4, -0.2) is 49.3 Å². The predicted molar refractivity (Wildman–Crippen MR) is 55.8 cm³/mol. The molecule has 0 aromatic heterocycles. The van der Waals surface area contributed by atoms with Crippen LogP contribution in [0.5, 0.6) is 0 Å². The van der Waals surface area contributed by atoms with E-state index in [-0.39, 0.29) is 6.54 Å². The van der Waals surface area contributed by atoms with Crippen molar-refractivity contribution in [3.8, 4) is 0 Å². The number of esters is 1. The molecule has 0 spiro atoms. The van der Waals surface area contributed by atoms with Crippen LogP contribution in [0.25, 0.3) is 0 Å². The highest BCUT2D eigenvalue weighted by atomic mass is 19.4. The molecule has 18 heavy (non-hydrogen) atoms. The van der Waals surface area contributed by atoms with Gasteiger partial charge in [-0.05, 0) is 19.3 Å². The number of ether oxygens (including phenoxy) is 1. The summed E-state index contributed by atoms with van der Waals surface area (Å²) in [6.07, 6.45) is -2.66. The van der Waals surface area contributed by atoms with Crippen molar-refractivity contribution < 1.29 is 27.5 Å². The van der Waals surface area contributed by atoms with Crippen LogP contribution in [0.4, 0.5) is 18.0 Å². The molecule has 1 rings (SSSR count). The van der Waals surface area contributed by atoms with Gasteiger partial charge in [-0.25, -0.2) is 9.59 Å². The molecule has 8 heteroatoms. The maximum absolute atomic E-state index is 12.0. The molecule has 0 aromatic rings. The third-order valence-electron chi connectivity index (χ3n) is 2.68. The zero-order valence-corrected chi connectivity index (χ0v) is 9.92. The molecule has 0 bridgehead atoms. The van der Waals surface area contributed by atoms with Crippen molar-refractivity contribution in [3.05, 3.63) is 0 Å². The van der Waals surface area contributed by atoms with Crippen LogP contribution in [0.15, 0.2) is 0 Å². The molecule has 104 valence electrons. The van der Waals surface area contributed by atoms with Gasteiger partial charge in [0.2, 0.25) is 0 Å². The molecule has 1 aliphatic heterocycles. The molecular weight excluding hydrogens is 253 g/mol. The van der Waals surface area contributed by atoms with Gasteiger partial charge in [-0.15, -0.1) is 0 Å². The van der Waals surface area contributed by atoms with Gasteiger partial charge in [0.05, 0.1) is 7.11 Å². The van der Waals surface area contributed by atoms with Gasteiger partial charge in [-0.3, -0.25) is 0 Å². The summed E-state index contributed by atoms with van der Waals surface area (Å²) in [6, 6.07) is -1.68. The zero-order valence-electron chi connectivity index (χ0n) is 9.92. The van der Waals surface area contributed by atoms with Gasteiger partial charge in [0.1, 0.15) is 12.6 Å². The number of piperidine rings is 1. The summed E-state index contributed by atoms with van der Waals surface area (Å²) >= 11 is 0. The van der Waals surface area contributed by atoms with Crippen molar-refractivity contribution in [1.82, 2.24) is 10.2 Å². The largest absolute Gasteiger partial charge is 0.467 e. The Bertz CT molecular complexity index is 320. The fraction of sp³-hybridized carbons (Fsp3) is 0.800. The number of likely N-dealkylation sites (tertiary alicyclic amines) is 1. The Kier molecular flexibility index (Phi) is 4.80. The van der Waals surface area contributed by atoms with Crippen LogP contribution < -0.4 is 5.32 Å². The number of nitrogens with one attached hydrogen (secondary N) is 1. The highest BCUT2D eigenvalue weighted by molar-refractivity contribution is 5.83. The van der Waals surface area contributed by atoms with E-state index in [0.29, 0.717) is 12.8 Å². The average Bonchev–Trinajstić information content (AvgIpc) is 2.34. The Balaban J connectivity index is 2.60. The molecule has 1 heterocycles. The molecule has 1 N–H and O–H groups in total. The van der Waals surface area contributed by atoms with Crippen LogP contribution in [-0.2, 0) is 9.53 Å². The van der Waals surface area contributed by atoms with E-state index in [1.165, 1.54) is 7.11 Å². The molecule has 0 aromatic carbocycles. The Morgan fingerprint density at radius 2 is 2.06 bits per heavy atom. The smallest absolute Gasteiger partial charge is 0.405 e. The van der Waals surface area contributed by atoms with Crippen LogP contribution in [0.1, 0.15) is 19.3 Å². The minimum atomic E-state index is -4.47. The number of hydrogen-bond donors (Lipinski definition) is 1. The Labute approximate surface area is 102 Å². The van der Waals surface area contributed by atoms with E-state index < -0.39 is 30.8 Å². The highest BCUT2D eigenvalue weighted by Gasteiger charge is 2.35. The molecule has 5 nitrogen and oxygen atoms in total. The first-order valence-corrected chi connectivity index (χ1v) is 5.54. The molecule has 1 saturated heterocycles. The number of nitrogens with zero attached hydrogens (tertiary/aromatic N) is 1. The lowest BCUT2D eigenvalue weighted by Gasteiger charge is -2.33. The predicted octanol–water partition coefficient (Wildman–Crippen LogP) is 1.29. The van der Waals surface area contributed by atoms with Gasteiger partial charge in [-0.2, -0.15) is 13.2 Å². The van der Waals surface area contributed by atoms with Crippen molar-refractivity contribution in [3.63, 3.8) is 0 Å². The number of methoxy groups -OCH3 is 1. The Morgan fingerprint density at radius 1 is 1.39 bits per heavy atom. The van der Waals surface area contributed by atoms with Crippen molar-refractivity contribution in [2.24, 2.45) is 0 Å². The first kappa shape index (κ1) is 14.6. The minimum absolute atomic E-state index is 0.253. The lowest BCUT2D eigenvalue weighted by molar-refractivity contribution is -0.147. The number of carbonyl (C=O) groups excluding carboxylic acids is 2. The second-order valence-electron chi connectivity index (χ2n) is 4.00. The Hall–Kier alpha value is -1.47. The number of carbonyl (C=O) groups is 2. The molecule has 1 aliphatic rings. The molecule has 1 fully saturated rings. The number of rotatable bonds is 2. The lowest BCUT2D eigenvalue weighted by Crippen LogP contribution is -2.53. The van der Waals surface area contributed by atoms with Gasteiger partial charge in [0.15, 0.2) is 0 Å². The fourth-order valence-electron chi connectivity index (χ4n) is 1.83. The monoisotopic (exact) mass is 268 g/mol. The number of alkyl halides is 3. The molecule has 1 atom stereocenters. The standard InChI is InChI=1S/C10H15F3N2O3/c1-18-8(16)7-4-2-3-5-15(7)9(17)14-6-10(11,12)13/h7H,2-6H2,1H3,(H,14,17). The summed E-state index contributed by atoms with van der Waals surface area (Å²) in [5.41, 5.74) is 0. The van der Waals surface area contributed by atoms with Gasteiger partial charge in [-0.1, -0.05) is 0 Å². The van der Waals surface area contributed by atoms with E-state index >= 15 is 0 Å². The van der Waals surface area contributed by atoms with E-state index in [1.807, 2.05) is 0 Å². The van der Waals surface area contributed by atoms with Crippen molar-refractivity contribution in [2.45, 2.75) is 31.5 Å². The van der Waals surface area contributed by atoms with Crippen LogP contribution in [0.2, 0.25) is 0 Å². The summed E-state index contributed by atoms with van der Waals surface area (Å²) in [5.74, 6) is -0.600. The Morgan fingerprint density at radius 3 is 2.61 bits per heavy atom. The van der Waals surface area contributed by atoms with Gasteiger partial charge in [0, 0.05) is 6.54 Å². The highest BCUT2D eigenvalue weighted by Crippen LogP contribution is 2.19. The van der Waals surface area contributed by atoms with Gasteiger partial charge in [0.25, 0.3) is 0 Å². The molecule has 2 amide bonds. The van der Waals surface area contributed by atoms with E-state index in [4.69, 9.17) is 0 Å². The molecule has 0 saturated carbocycles. The zero-order chi connectivity index (χ0) is 13.8. The SMILES string of the molecule is COC(=O)C1CCCCN1C(=O)NCC(F)(F)F. The van der Waals surface area contributed by atoms with Crippen molar-refractivity contribution in [1.29, 1.82) is 0 Å². The topological polar surface area (TPSA) is 58.6 Å². The summed E-state index contributed by atoms with van der Waals surface area (Å²) in [7, 11) is 1.18. The summed E-state index contributed by atoms with van der Waals surface area (Å²) in [4.78, 5) is 24.1. The first-order chi connectivity index (χ1) is 8.35. The third-order valence-corrected chi connectivity index (χ3v) is 2.68. The third kappa shape index (κ3) is 4.08. The second-order valence-corrected chi connectivity index (χ2v) is 4.00. The normalized spacial score (nSPS) is 20.4. The maximum Gasteiger partial charge on any atom is 0.405 e. The van der Waals surface area contributed by atoms with E-state index in [9.17, 15) is 22.8 Å². The summed E-state index contributed by atoms with van der Waals surface area (Å²) < 4.78 is 40.5. The van der Waals surface area contributed by atoms with Crippen molar-refractivity contribution in [2.75, 3.05) is 20.2 Å². The summed E-state index contributed by atoms with van der Waals surface area (Å²) in [6.45, 7) is -1.15. The maximum atomic E-state index is 12.0. The van der Waals surface area contributed by atoms with Crippen LogP contribution >= 0.6 is 0 Å². The average molecular weight is 268 g/mol. The molecule has 0 radical (unpaired) electrons. The van der Waals surface area contributed by atoms with E-state index in [0.717, 1.165) is 11.3 Å². The quantitative estimate of drug-likeness (QED) is 0.768. The summed E-state index contributed by atoms with van der Waals surface area (Å²) in [5, 5.41) is 1.76. The molecule has 0 aliphatic carbocycles. The fourth-order valence-corrected chi connectivity index (χ4v) is 1.83. The molecular formula is C10H15F3N2O3. The van der Waals surface area contributed by atoms with Gasteiger partial charge >= 0.3 is 18.2 Å². The van der Waals surface area contributed by atoms with Crippen molar-refractivity contribution >= 4 is 12.0 Å². The lowest BCUT2D eigenvalue weighted by atomic mass is 10.0. The number of hydrogen-bond acceptors (Lipinski definition) is 3. The molecule has 1 unspecified atom stereocenters. The van der Waals surface area contributed by atoms with E-state index in [1.54, 1.807) is 5.32 Å². The van der Waals surface area contributed by atoms with Crippen LogP contribution in [0.3, 0.4) is 0 Å². The second kappa shape index (κ2) is 5.92.